The molecule has 65 heavy (non-hydrogen) atoms. The number of aromatic amines is 1. The summed E-state index contributed by atoms with van der Waals surface area (Å²) < 4.78 is 24.3. The molecule has 0 radical (unpaired) electrons. The molecule has 2 aliphatic carbocycles. The van der Waals surface area contributed by atoms with Crippen molar-refractivity contribution < 1.29 is 38.4 Å². The number of methoxy groups -OCH3 is 3. The summed E-state index contributed by atoms with van der Waals surface area (Å²) in [7, 11) is 8.53. The van der Waals surface area contributed by atoms with Gasteiger partial charge in [0, 0.05) is 89.5 Å². The summed E-state index contributed by atoms with van der Waals surface area (Å²) in [5, 5.41) is 14.4. The van der Waals surface area contributed by atoms with E-state index in [0.717, 1.165) is 88.7 Å². The van der Waals surface area contributed by atoms with Crippen LogP contribution in [0.15, 0.2) is 93.4 Å². The molecule has 2 N–H and O–H groups in total. The van der Waals surface area contributed by atoms with Crippen LogP contribution in [0.2, 0.25) is 0 Å². The van der Waals surface area contributed by atoms with E-state index in [4.69, 9.17) is 18.9 Å². The summed E-state index contributed by atoms with van der Waals surface area (Å²) in [6.07, 6.45) is 8.61. The fourth-order valence-corrected chi connectivity index (χ4v) is 14.8. The van der Waals surface area contributed by atoms with Gasteiger partial charge in [0.05, 0.1) is 26.4 Å². The average Bonchev–Trinajstić information content (AvgIpc) is 3.94. The molecule has 4 aliphatic heterocycles. The summed E-state index contributed by atoms with van der Waals surface area (Å²) in [6.45, 7) is 11.0. The van der Waals surface area contributed by atoms with Gasteiger partial charge in [-0.25, -0.2) is 4.79 Å². The van der Waals surface area contributed by atoms with E-state index < -0.39 is 52.5 Å². The van der Waals surface area contributed by atoms with E-state index in [1.54, 1.807) is 18.9 Å². The van der Waals surface area contributed by atoms with Crippen LogP contribution in [0.25, 0.3) is 10.9 Å². The smallest absolute Gasteiger partial charge is 0.344 e. The topological polar surface area (TPSA) is 134 Å². The van der Waals surface area contributed by atoms with Gasteiger partial charge in [-0.15, -0.1) is 0 Å². The highest BCUT2D eigenvalue weighted by Gasteiger charge is 2.79. The standard InChI is InChI=1S/C52H66N4O8S/c1-10-32-23-33(29-54(5)28-32)27-51(48(58)62-8,44-30(3)37-24-36(17-18-40(37)53-44)65-35-15-13-12-14-16-35)39-25-38-41(26-42(39)61-7)55(6)47-50(38)20-22-56-21-19-34(11-2)43(45(50)56)46(64-31(4)57)52(47,60)49(59)63-9/h12-18,23-26,33-34,39,42-43,45-47,53,60H,10-11,19-22,27-29H2,1-9H3/t33-,34+,39?,42?,43?,45+,46-,47-,50-,51+,52-/m1/s1. The van der Waals surface area contributed by atoms with Gasteiger partial charge in [-0.05, 0) is 112 Å². The third kappa shape index (κ3) is 6.96. The van der Waals surface area contributed by atoms with Crippen molar-refractivity contribution >= 4 is 40.6 Å². The number of aromatic nitrogens is 1. The molecular weight excluding hydrogens is 841 g/mol. The SMILES string of the molecule is CCC1=C[C@H](C[C@@](C(=O)OC)(c2[nH]c3ccc(Sc4ccccc4)cc3c2C)C2C=C3C(=CC2OC)N(C)[C@H]2[C@@](O)(C(=O)OC)[C@H](OC(C)=O)C4[C@@H](CC)CCN5CC[C@]32[C@H]45)CN(C)C1. The van der Waals surface area contributed by atoms with Gasteiger partial charge in [-0.3, -0.25) is 14.5 Å². The number of nitrogens with zero attached hydrogens (tertiary/aromatic N) is 3. The van der Waals surface area contributed by atoms with Crippen LogP contribution in [0.5, 0.6) is 0 Å². The number of ether oxygens (including phenoxy) is 4. The van der Waals surface area contributed by atoms with Crippen molar-refractivity contribution in [3.05, 3.63) is 94.9 Å². The summed E-state index contributed by atoms with van der Waals surface area (Å²) in [5.74, 6) is -2.63. The Balaban J connectivity index is 1.29. The Morgan fingerprint density at radius 2 is 1.75 bits per heavy atom. The lowest BCUT2D eigenvalue weighted by Crippen LogP contribution is -2.77. The number of aryl methyl sites for hydroxylation is 1. The number of carbonyl (C=O) groups excluding carboxylic acids is 3. The normalized spacial score (nSPS) is 33.0. The van der Waals surface area contributed by atoms with E-state index in [1.165, 1.54) is 26.7 Å². The summed E-state index contributed by atoms with van der Waals surface area (Å²) in [6, 6.07) is 15.7. The molecule has 1 spiro atoms. The number of likely N-dealkylation sites (tertiary alicyclic amines) is 1. The van der Waals surface area contributed by atoms with Gasteiger partial charge in [0.2, 0.25) is 5.60 Å². The van der Waals surface area contributed by atoms with Crippen LogP contribution in [-0.4, -0.2) is 134 Å². The lowest BCUT2D eigenvalue weighted by Gasteiger charge is -2.61. The number of likely N-dealkylation sites (N-methyl/N-ethyl adjacent to an activating group) is 2. The maximum absolute atomic E-state index is 15.6. The number of benzene rings is 2. The first-order valence-corrected chi connectivity index (χ1v) is 24.3. The molecular formula is C52H66N4O8S. The molecule has 3 unspecified atom stereocenters. The highest BCUT2D eigenvalue weighted by atomic mass is 32.2. The zero-order valence-electron chi connectivity index (χ0n) is 39.4. The second-order valence-corrected chi connectivity index (χ2v) is 20.7. The van der Waals surface area contributed by atoms with Crippen molar-refractivity contribution in [1.29, 1.82) is 0 Å². The number of carbonyl (C=O) groups is 3. The predicted octanol–water partition coefficient (Wildman–Crippen LogP) is 7.05. The minimum atomic E-state index is -2.22. The van der Waals surface area contributed by atoms with Crippen LogP contribution in [0.4, 0.5) is 0 Å². The average molecular weight is 907 g/mol. The molecule has 3 saturated heterocycles. The van der Waals surface area contributed by atoms with Crippen molar-refractivity contribution in [2.24, 2.45) is 29.1 Å². The Kier molecular flexibility index (Phi) is 12.2. The highest BCUT2D eigenvalue weighted by Crippen LogP contribution is 2.68. The van der Waals surface area contributed by atoms with Crippen molar-refractivity contribution in [2.75, 3.05) is 61.6 Å². The third-order valence-electron chi connectivity index (χ3n) is 16.4. The van der Waals surface area contributed by atoms with E-state index in [0.29, 0.717) is 12.8 Å². The van der Waals surface area contributed by atoms with E-state index in [9.17, 15) is 14.7 Å². The Morgan fingerprint density at radius 3 is 2.43 bits per heavy atom. The fraction of sp³-hybridized carbons (Fsp3) is 0.558. The summed E-state index contributed by atoms with van der Waals surface area (Å²) in [5.41, 5.74) is 1.52. The minimum Gasteiger partial charge on any atom is -0.468 e. The number of aliphatic hydroxyl groups is 1. The zero-order chi connectivity index (χ0) is 46.2. The number of H-pyrrole nitrogens is 1. The fourth-order valence-electron chi connectivity index (χ4n) is 14.0. The van der Waals surface area contributed by atoms with Gasteiger partial charge < -0.3 is 38.8 Å². The minimum absolute atomic E-state index is 0.00477. The number of allylic oxidation sites excluding steroid dienone is 1. The van der Waals surface area contributed by atoms with Crippen molar-refractivity contribution in [2.45, 2.75) is 105 Å². The maximum Gasteiger partial charge on any atom is 0.344 e. The van der Waals surface area contributed by atoms with Gasteiger partial charge in [0.25, 0.3) is 0 Å². The van der Waals surface area contributed by atoms with Gasteiger partial charge in [-0.2, -0.15) is 0 Å². The van der Waals surface area contributed by atoms with E-state index in [-0.39, 0.29) is 29.8 Å². The summed E-state index contributed by atoms with van der Waals surface area (Å²) >= 11 is 1.70. The molecule has 5 heterocycles. The van der Waals surface area contributed by atoms with Crippen molar-refractivity contribution in [3.63, 3.8) is 0 Å². The molecule has 1 aromatic heterocycles. The Hall–Kier alpha value is -4.40. The van der Waals surface area contributed by atoms with E-state index >= 15 is 4.79 Å². The Labute approximate surface area is 387 Å². The first kappa shape index (κ1) is 45.7. The number of fused-ring (bicyclic) bond motifs is 2. The quantitative estimate of drug-likeness (QED) is 0.110. The zero-order valence-corrected chi connectivity index (χ0v) is 40.2. The number of rotatable bonds is 12. The van der Waals surface area contributed by atoms with Gasteiger partial charge in [0.15, 0.2) is 0 Å². The number of hydrogen-bond acceptors (Lipinski definition) is 12. The number of piperidine rings is 1. The molecule has 13 heteroatoms. The van der Waals surface area contributed by atoms with E-state index in [1.807, 2.05) is 30.1 Å². The molecule has 0 amide bonds. The number of esters is 3. The lowest BCUT2D eigenvalue weighted by molar-refractivity contribution is -0.238. The second-order valence-electron chi connectivity index (χ2n) is 19.6. The molecule has 3 aromatic rings. The molecule has 11 atom stereocenters. The molecule has 348 valence electrons. The monoisotopic (exact) mass is 906 g/mol. The van der Waals surface area contributed by atoms with Crippen LogP contribution in [0.1, 0.15) is 64.1 Å². The maximum atomic E-state index is 15.6. The molecule has 9 rings (SSSR count). The molecule has 0 bridgehead atoms. The van der Waals surface area contributed by atoms with Crippen LogP contribution in [0, 0.1) is 36.0 Å². The van der Waals surface area contributed by atoms with Crippen molar-refractivity contribution in [3.8, 4) is 0 Å². The van der Waals surface area contributed by atoms with Crippen LogP contribution in [0.3, 0.4) is 0 Å². The van der Waals surface area contributed by atoms with E-state index in [2.05, 4.69) is 91.2 Å². The first-order valence-electron chi connectivity index (χ1n) is 23.5. The first-order chi connectivity index (χ1) is 31.2. The van der Waals surface area contributed by atoms with Crippen LogP contribution < -0.4 is 0 Å². The van der Waals surface area contributed by atoms with Crippen LogP contribution in [-0.2, 0) is 38.7 Å². The Morgan fingerprint density at radius 1 is 0.985 bits per heavy atom. The van der Waals surface area contributed by atoms with Crippen LogP contribution >= 0.6 is 11.8 Å². The van der Waals surface area contributed by atoms with Gasteiger partial charge >= 0.3 is 17.9 Å². The molecule has 2 aromatic carbocycles. The lowest BCUT2D eigenvalue weighted by atomic mass is 9.50. The number of hydrogen-bond donors (Lipinski definition) is 2. The second kappa shape index (κ2) is 17.4. The van der Waals surface area contributed by atoms with Gasteiger partial charge in [-0.1, -0.05) is 68.0 Å². The predicted molar refractivity (Wildman–Crippen MR) is 250 cm³/mol. The third-order valence-corrected chi connectivity index (χ3v) is 17.4. The molecule has 4 fully saturated rings. The summed E-state index contributed by atoms with van der Waals surface area (Å²) in [4.78, 5) is 56.0. The Bertz CT molecular complexity index is 2450. The highest BCUT2D eigenvalue weighted by molar-refractivity contribution is 7.99. The largest absolute Gasteiger partial charge is 0.468 e. The molecule has 6 aliphatic rings. The van der Waals surface area contributed by atoms with Gasteiger partial charge in [0.1, 0.15) is 11.5 Å². The molecule has 1 saturated carbocycles. The number of nitrogens with one attached hydrogen (secondary N) is 1. The molecule has 12 nitrogen and oxygen atoms in total. The van der Waals surface area contributed by atoms with Crippen molar-refractivity contribution in [1.82, 2.24) is 19.7 Å².